The molecule has 0 spiro atoms. The van der Waals surface area contributed by atoms with Crippen molar-refractivity contribution >= 4 is 17.5 Å². The van der Waals surface area contributed by atoms with Crippen LogP contribution in [0.25, 0.3) is 0 Å². The lowest BCUT2D eigenvalue weighted by molar-refractivity contribution is -0.167. The number of aryl methyl sites for hydroxylation is 2. The molecule has 4 nitrogen and oxygen atoms in total. The van der Waals surface area contributed by atoms with Crippen LogP contribution >= 0.6 is 0 Å². The van der Waals surface area contributed by atoms with Crippen LogP contribution in [-0.4, -0.2) is 18.0 Å². The average molecular weight is 364 g/mol. The zero-order valence-corrected chi connectivity index (χ0v) is 14.2. The molecule has 0 unspecified atom stereocenters. The van der Waals surface area contributed by atoms with Gasteiger partial charge in [-0.3, -0.25) is 9.59 Å². The van der Waals surface area contributed by atoms with Gasteiger partial charge in [0.05, 0.1) is 0 Å². The van der Waals surface area contributed by atoms with Crippen molar-refractivity contribution in [2.24, 2.45) is 0 Å². The molecular formula is C19H19F3N2O2. The smallest absolute Gasteiger partial charge is 0.352 e. The molecule has 26 heavy (non-hydrogen) atoms. The predicted molar refractivity (Wildman–Crippen MR) is 92.5 cm³/mol. The van der Waals surface area contributed by atoms with Gasteiger partial charge in [0.1, 0.15) is 0 Å². The topological polar surface area (TPSA) is 58.2 Å². The molecule has 0 atom stereocenters. The van der Waals surface area contributed by atoms with Crippen molar-refractivity contribution in [3.05, 3.63) is 65.2 Å². The third-order valence-electron chi connectivity index (χ3n) is 3.72. The van der Waals surface area contributed by atoms with Gasteiger partial charge in [-0.1, -0.05) is 42.0 Å². The number of alkyl halides is 3. The van der Waals surface area contributed by atoms with Crippen LogP contribution in [0.4, 0.5) is 18.9 Å². The lowest BCUT2D eigenvalue weighted by Crippen LogP contribution is -2.29. The van der Waals surface area contributed by atoms with Gasteiger partial charge in [-0.2, -0.15) is 13.2 Å². The standard InChI is InChI=1S/C19H19F3N2O2/c1-13-2-4-14(5-3-13)8-11-17(25)23-12-15-6-9-16(10-7-15)24-18(26)19(20,21)22/h2-7,9-10H,8,11-12H2,1H3,(H,23,25)(H,24,26). The van der Waals surface area contributed by atoms with Gasteiger partial charge in [0.15, 0.2) is 0 Å². The third-order valence-corrected chi connectivity index (χ3v) is 3.72. The number of hydrogen-bond acceptors (Lipinski definition) is 2. The van der Waals surface area contributed by atoms with Gasteiger partial charge in [0, 0.05) is 18.7 Å². The number of nitrogens with one attached hydrogen (secondary N) is 2. The van der Waals surface area contributed by atoms with E-state index in [4.69, 9.17) is 0 Å². The fourth-order valence-electron chi connectivity index (χ4n) is 2.21. The maximum Gasteiger partial charge on any atom is 0.471 e. The van der Waals surface area contributed by atoms with E-state index < -0.39 is 12.1 Å². The zero-order valence-electron chi connectivity index (χ0n) is 14.2. The first-order valence-corrected chi connectivity index (χ1v) is 8.03. The van der Waals surface area contributed by atoms with Crippen molar-refractivity contribution in [2.45, 2.75) is 32.5 Å². The molecular weight excluding hydrogens is 345 g/mol. The molecule has 7 heteroatoms. The van der Waals surface area contributed by atoms with Gasteiger partial charge < -0.3 is 10.6 Å². The first-order valence-electron chi connectivity index (χ1n) is 8.03. The van der Waals surface area contributed by atoms with Crippen molar-refractivity contribution in [1.82, 2.24) is 5.32 Å². The highest BCUT2D eigenvalue weighted by Gasteiger charge is 2.38. The lowest BCUT2D eigenvalue weighted by atomic mass is 10.1. The van der Waals surface area contributed by atoms with Crippen molar-refractivity contribution in [3.8, 4) is 0 Å². The molecule has 0 saturated carbocycles. The highest BCUT2D eigenvalue weighted by Crippen LogP contribution is 2.18. The highest BCUT2D eigenvalue weighted by molar-refractivity contribution is 5.94. The number of benzene rings is 2. The number of amides is 2. The van der Waals surface area contributed by atoms with Crippen molar-refractivity contribution < 1.29 is 22.8 Å². The molecule has 2 rings (SSSR count). The Balaban J connectivity index is 1.77. The molecule has 0 aliphatic rings. The van der Waals surface area contributed by atoms with E-state index in [2.05, 4.69) is 5.32 Å². The van der Waals surface area contributed by atoms with Gasteiger partial charge in [0.25, 0.3) is 0 Å². The fourth-order valence-corrected chi connectivity index (χ4v) is 2.21. The maximum atomic E-state index is 12.2. The summed E-state index contributed by atoms with van der Waals surface area (Å²) in [6.07, 6.45) is -3.94. The normalized spacial score (nSPS) is 11.1. The van der Waals surface area contributed by atoms with Crippen LogP contribution < -0.4 is 10.6 Å². The summed E-state index contributed by atoms with van der Waals surface area (Å²) in [5.74, 6) is -2.13. The fraction of sp³-hybridized carbons (Fsp3) is 0.263. The average Bonchev–Trinajstić information content (AvgIpc) is 2.60. The molecule has 138 valence electrons. The van der Waals surface area contributed by atoms with Crippen LogP contribution in [-0.2, 0) is 22.6 Å². The Hall–Kier alpha value is -2.83. The van der Waals surface area contributed by atoms with Crippen molar-refractivity contribution in [2.75, 3.05) is 5.32 Å². The highest BCUT2D eigenvalue weighted by atomic mass is 19.4. The summed E-state index contributed by atoms with van der Waals surface area (Å²) in [5, 5.41) is 4.52. The Morgan fingerprint density at radius 1 is 0.923 bits per heavy atom. The van der Waals surface area contributed by atoms with E-state index in [-0.39, 0.29) is 18.1 Å². The molecule has 2 N–H and O–H groups in total. The summed E-state index contributed by atoms with van der Waals surface area (Å²) >= 11 is 0. The molecule has 0 saturated heterocycles. The predicted octanol–water partition coefficient (Wildman–Crippen LogP) is 3.74. The van der Waals surface area contributed by atoms with Crippen LogP contribution in [0, 0.1) is 6.92 Å². The van der Waals surface area contributed by atoms with Crippen LogP contribution in [0.2, 0.25) is 0 Å². The Morgan fingerprint density at radius 3 is 2.08 bits per heavy atom. The minimum atomic E-state index is -4.93. The van der Waals surface area contributed by atoms with Crippen molar-refractivity contribution in [3.63, 3.8) is 0 Å². The van der Waals surface area contributed by atoms with Crippen molar-refractivity contribution in [1.29, 1.82) is 0 Å². The molecule has 0 aromatic heterocycles. The first kappa shape index (κ1) is 19.5. The SMILES string of the molecule is Cc1ccc(CCC(=O)NCc2ccc(NC(=O)C(F)(F)F)cc2)cc1. The molecule has 2 aromatic carbocycles. The lowest BCUT2D eigenvalue weighted by Gasteiger charge is -2.09. The largest absolute Gasteiger partial charge is 0.471 e. The molecule has 0 bridgehead atoms. The number of rotatable bonds is 6. The van der Waals surface area contributed by atoms with E-state index in [0.29, 0.717) is 12.8 Å². The second-order valence-corrected chi connectivity index (χ2v) is 5.91. The summed E-state index contributed by atoms with van der Waals surface area (Å²) in [4.78, 5) is 22.7. The van der Waals surface area contributed by atoms with E-state index in [9.17, 15) is 22.8 Å². The summed E-state index contributed by atoms with van der Waals surface area (Å²) in [7, 11) is 0. The number of anilines is 1. The van der Waals surface area contributed by atoms with Gasteiger partial charge in [0.2, 0.25) is 5.91 Å². The number of hydrogen-bond donors (Lipinski definition) is 2. The summed E-state index contributed by atoms with van der Waals surface area (Å²) < 4.78 is 36.5. The van der Waals surface area contributed by atoms with Gasteiger partial charge in [-0.25, -0.2) is 0 Å². The summed E-state index contributed by atoms with van der Waals surface area (Å²) in [6, 6.07) is 13.8. The minimum Gasteiger partial charge on any atom is -0.352 e. The molecule has 2 aromatic rings. The second-order valence-electron chi connectivity index (χ2n) is 5.91. The Kier molecular flexibility index (Phi) is 6.38. The third kappa shape index (κ3) is 6.23. The minimum absolute atomic E-state index is 0.0433. The second kappa shape index (κ2) is 8.51. The van der Waals surface area contributed by atoms with E-state index in [0.717, 1.165) is 16.7 Å². The van der Waals surface area contributed by atoms with Crippen LogP contribution in [0.15, 0.2) is 48.5 Å². The van der Waals surface area contributed by atoms with Gasteiger partial charge >= 0.3 is 12.1 Å². The first-order chi connectivity index (χ1) is 12.2. The van der Waals surface area contributed by atoms with Gasteiger partial charge in [-0.05, 0) is 36.6 Å². The Morgan fingerprint density at radius 2 is 1.50 bits per heavy atom. The molecule has 0 radical (unpaired) electrons. The van der Waals surface area contributed by atoms with Crippen LogP contribution in [0.5, 0.6) is 0 Å². The van der Waals surface area contributed by atoms with Crippen LogP contribution in [0.3, 0.4) is 0 Å². The number of carbonyl (C=O) groups excluding carboxylic acids is 2. The molecule has 0 fully saturated rings. The quantitative estimate of drug-likeness (QED) is 0.820. The van der Waals surface area contributed by atoms with E-state index in [1.165, 1.54) is 12.1 Å². The van der Waals surface area contributed by atoms with E-state index in [1.807, 2.05) is 31.2 Å². The number of halogens is 3. The summed E-state index contributed by atoms with van der Waals surface area (Å²) in [5.41, 5.74) is 3.00. The summed E-state index contributed by atoms with van der Waals surface area (Å²) in [6.45, 7) is 2.26. The number of carbonyl (C=O) groups is 2. The molecule has 2 amide bonds. The molecule has 0 aliphatic carbocycles. The van der Waals surface area contributed by atoms with E-state index >= 15 is 0 Å². The Bertz CT molecular complexity index is 754. The van der Waals surface area contributed by atoms with Gasteiger partial charge in [-0.15, -0.1) is 0 Å². The van der Waals surface area contributed by atoms with Crippen LogP contribution in [0.1, 0.15) is 23.1 Å². The molecule has 0 heterocycles. The monoisotopic (exact) mass is 364 g/mol. The maximum absolute atomic E-state index is 12.2. The molecule has 0 aliphatic heterocycles. The zero-order chi connectivity index (χ0) is 19.2. The Labute approximate surface area is 149 Å². The van der Waals surface area contributed by atoms with E-state index in [1.54, 1.807) is 17.4 Å².